The molecular formula is C13H25NO2. The Kier molecular flexibility index (Phi) is 5.64. The smallest absolute Gasteiger partial charge is 0.410 e. The average Bonchev–Trinajstić information content (AvgIpc) is 2.26. The van der Waals surface area contributed by atoms with E-state index in [4.69, 9.17) is 4.74 Å². The Bertz CT molecular complexity index is 208. The van der Waals surface area contributed by atoms with E-state index in [0.29, 0.717) is 0 Å². The third-order valence-electron chi connectivity index (χ3n) is 3.18. The molecule has 3 heteroatoms. The van der Waals surface area contributed by atoms with E-state index in [0.717, 1.165) is 31.8 Å². The van der Waals surface area contributed by atoms with Gasteiger partial charge in [-0.2, -0.15) is 0 Å². The van der Waals surface area contributed by atoms with E-state index in [9.17, 15) is 4.79 Å². The van der Waals surface area contributed by atoms with Crippen LogP contribution in [0, 0.1) is 5.92 Å². The molecule has 1 amide bonds. The van der Waals surface area contributed by atoms with Crippen LogP contribution in [0.1, 0.15) is 52.9 Å². The summed E-state index contributed by atoms with van der Waals surface area (Å²) in [7, 11) is 0. The number of carbonyl (C=O) groups excluding carboxylic acids is 1. The fourth-order valence-corrected chi connectivity index (χ4v) is 2.17. The molecule has 0 aliphatic carbocycles. The Hall–Kier alpha value is -0.730. The second-order valence-electron chi connectivity index (χ2n) is 5.01. The molecule has 0 radical (unpaired) electrons. The number of likely N-dealkylation sites (tertiary alicyclic amines) is 1. The lowest BCUT2D eigenvalue weighted by molar-refractivity contribution is 0.0646. The molecule has 1 heterocycles. The molecule has 0 bridgehead atoms. The van der Waals surface area contributed by atoms with Crippen molar-refractivity contribution in [2.45, 2.75) is 59.0 Å². The van der Waals surface area contributed by atoms with E-state index in [-0.39, 0.29) is 12.2 Å². The molecule has 1 aliphatic rings. The maximum atomic E-state index is 11.6. The Morgan fingerprint density at radius 2 is 2.00 bits per heavy atom. The van der Waals surface area contributed by atoms with Gasteiger partial charge in [0, 0.05) is 13.1 Å². The van der Waals surface area contributed by atoms with E-state index >= 15 is 0 Å². The third-order valence-corrected chi connectivity index (χ3v) is 3.18. The van der Waals surface area contributed by atoms with E-state index in [1.165, 1.54) is 19.3 Å². The average molecular weight is 227 g/mol. The van der Waals surface area contributed by atoms with Crippen LogP contribution in [0.5, 0.6) is 0 Å². The minimum Gasteiger partial charge on any atom is -0.447 e. The lowest BCUT2D eigenvalue weighted by atomic mass is 9.92. The zero-order valence-corrected chi connectivity index (χ0v) is 10.9. The first-order valence-corrected chi connectivity index (χ1v) is 6.59. The van der Waals surface area contributed by atoms with Crippen molar-refractivity contribution >= 4 is 6.09 Å². The van der Waals surface area contributed by atoms with Crippen molar-refractivity contribution in [2.75, 3.05) is 13.1 Å². The van der Waals surface area contributed by atoms with Gasteiger partial charge in [0.2, 0.25) is 0 Å². The molecule has 1 rings (SSSR count). The predicted octanol–water partition coefficient (Wildman–Crippen LogP) is 3.43. The Morgan fingerprint density at radius 1 is 1.38 bits per heavy atom. The first-order chi connectivity index (χ1) is 7.63. The summed E-state index contributed by atoms with van der Waals surface area (Å²) in [6.07, 6.45) is 6.06. The summed E-state index contributed by atoms with van der Waals surface area (Å²) in [5.41, 5.74) is 0. The van der Waals surface area contributed by atoms with Crippen molar-refractivity contribution in [1.82, 2.24) is 4.90 Å². The van der Waals surface area contributed by atoms with Crippen LogP contribution in [0.25, 0.3) is 0 Å². The first kappa shape index (κ1) is 13.3. The van der Waals surface area contributed by atoms with Gasteiger partial charge < -0.3 is 9.64 Å². The van der Waals surface area contributed by atoms with E-state index in [1.54, 1.807) is 0 Å². The predicted molar refractivity (Wildman–Crippen MR) is 65.4 cm³/mol. The van der Waals surface area contributed by atoms with Gasteiger partial charge in [0.15, 0.2) is 0 Å². The van der Waals surface area contributed by atoms with Gasteiger partial charge in [-0.1, -0.05) is 26.2 Å². The molecule has 94 valence electrons. The monoisotopic (exact) mass is 227 g/mol. The van der Waals surface area contributed by atoms with Crippen LogP contribution in [0.15, 0.2) is 0 Å². The highest BCUT2D eigenvalue weighted by atomic mass is 16.6. The molecule has 16 heavy (non-hydrogen) atoms. The molecular weight excluding hydrogens is 202 g/mol. The maximum absolute atomic E-state index is 11.6. The zero-order valence-electron chi connectivity index (χ0n) is 10.9. The number of unbranched alkanes of at least 4 members (excludes halogenated alkanes) is 1. The molecule has 0 N–H and O–H groups in total. The normalized spacial score (nSPS) is 17.9. The summed E-state index contributed by atoms with van der Waals surface area (Å²) < 4.78 is 5.19. The molecule has 0 saturated carbocycles. The van der Waals surface area contributed by atoms with Gasteiger partial charge in [-0.25, -0.2) is 4.79 Å². The van der Waals surface area contributed by atoms with Gasteiger partial charge in [0.05, 0.1) is 6.10 Å². The third kappa shape index (κ3) is 4.42. The molecule has 0 atom stereocenters. The number of carbonyl (C=O) groups is 1. The highest BCUT2D eigenvalue weighted by molar-refractivity contribution is 5.67. The Labute approximate surface area is 99.1 Å². The summed E-state index contributed by atoms with van der Waals surface area (Å²) in [5, 5.41) is 0. The molecule has 0 unspecified atom stereocenters. The van der Waals surface area contributed by atoms with Crippen molar-refractivity contribution in [1.29, 1.82) is 0 Å². The Morgan fingerprint density at radius 3 is 2.50 bits per heavy atom. The zero-order chi connectivity index (χ0) is 12.0. The highest BCUT2D eigenvalue weighted by Crippen LogP contribution is 2.22. The van der Waals surface area contributed by atoms with Crippen LogP contribution in [0.4, 0.5) is 4.79 Å². The second-order valence-corrected chi connectivity index (χ2v) is 5.01. The summed E-state index contributed by atoms with van der Waals surface area (Å²) in [5.74, 6) is 0.822. The first-order valence-electron chi connectivity index (χ1n) is 6.59. The highest BCUT2D eigenvalue weighted by Gasteiger charge is 2.23. The van der Waals surface area contributed by atoms with Crippen LogP contribution in [-0.2, 0) is 4.74 Å². The lowest BCUT2D eigenvalue weighted by Gasteiger charge is -2.31. The summed E-state index contributed by atoms with van der Waals surface area (Å²) in [6.45, 7) is 7.77. The minimum atomic E-state index is -0.135. The molecule has 0 aromatic rings. The molecule has 0 spiro atoms. The van der Waals surface area contributed by atoms with Gasteiger partial charge >= 0.3 is 6.09 Å². The van der Waals surface area contributed by atoms with Gasteiger partial charge in [-0.05, 0) is 32.6 Å². The SMILES string of the molecule is CCCCC1CCN(C(=O)OC(C)C)CC1. The van der Waals surface area contributed by atoms with Crippen LogP contribution in [0.2, 0.25) is 0 Å². The Balaban J connectivity index is 2.23. The number of nitrogens with zero attached hydrogens (tertiary/aromatic N) is 1. The van der Waals surface area contributed by atoms with Crippen LogP contribution in [0.3, 0.4) is 0 Å². The number of piperidine rings is 1. The number of rotatable bonds is 4. The van der Waals surface area contributed by atoms with Crippen molar-refractivity contribution in [3.63, 3.8) is 0 Å². The van der Waals surface area contributed by atoms with Gasteiger partial charge in [0.25, 0.3) is 0 Å². The molecule has 3 nitrogen and oxygen atoms in total. The molecule has 1 aliphatic heterocycles. The van der Waals surface area contributed by atoms with Crippen LogP contribution < -0.4 is 0 Å². The molecule has 1 fully saturated rings. The standard InChI is InChI=1S/C13H25NO2/c1-4-5-6-12-7-9-14(10-8-12)13(15)16-11(2)3/h11-12H,4-10H2,1-3H3. The van der Waals surface area contributed by atoms with Crippen molar-refractivity contribution in [3.8, 4) is 0 Å². The lowest BCUT2D eigenvalue weighted by Crippen LogP contribution is -2.39. The fraction of sp³-hybridized carbons (Fsp3) is 0.923. The van der Waals surface area contributed by atoms with E-state index in [1.807, 2.05) is 18.7 Å². The largest absolute Gasteiger partial charge is 0.447 e. The summed E-state index contributed by atoms with van der Waals surface area (Å²) in [4.78, 5) is 13.5. The van der Waals surface area contributed by atoms with Gasteiger partial charge in [-0.3, -0.25) is 0 Å². The second kappa shape index (κ2) is 6.77. The van der Waals surface area contributed by atoms with Crippen LogP contribution in [-0.4, -0.2) is 30.2 Å². The van der Waals surface area contributed by atoms with E-state index in [2.05, 4.69) is 6.92 Å². The minimum absolute atomic E-state index is 0.00897. The van der Waals surface area contributed by atoms with Gasteiger partial charge in [0.1, 0.15) is 0 Å². The summed E-state index contributed by atoms with van der Waals surface area (Å²) in [6, 6.07) is 0. The molecule has 0 aromatic carbocycles. The van der Waals surface area contributed by atoms with Crippen LogP contribution >= 0.6 is 0 Å². The molecule has 1 saturated heterocycles. The number of hydrogen-bond donors (Lipinski definition) is 0. The summed E-state index contributed by atoms with van der Waals surface area (Å²) >= 11 is 0. The quantitative estimate of drug-likeness (QED) is 0.736. The van der Waals surface area contributed by atoms with Crippen molar-refractivity contribution < 1.29 is 9.53 Å². The maximum Gasteiger partial charge on any atom is 0.410 e. The molecule has 0 aromatic heterocycles. The van der Waals surface area contributed by atoms with E-state index < -0.39 is 0 Å². The topological polar surface area (TPSA) is 29.5 Å². The number of ether oxygens (including phenoxy) is 1. The number of hydrogen-bond acceptors (Lipinski definition) is 2. The van der Waals surface area contributed by atoms with Gasteiger partial charge in [-0.15, -0.1) is 0 Å². The van der Waals surface area contributed by atoms with Crippen molar-refractivity contribution in [2.24, 2.45) is 5.92 Å². The number of amides is 1. The fourth-order valence-electron chi connectivity index (χ4n) is 2.17. The van der Waals surface area contributed by atoms with Crippen molar-refractivity contribution in [3.05, 3.63) is 0 Å².